The van der Waals surface area contributed by atoms with Gasteiger partial charge in [0.05, 0.1) is 30.5 Å². The summed E-state index contributed by atoms with van der Waals surface area (Å²) in [5, 5.41) is 8.24. The van der Waals surface area contributed by atoms with Crippen molar-refractivity contribution in [2.75, 3.05) is 26.3 Å². The van der Waals surface area contributed by atoms with Crippen LogP contribution in [-0.2, 0) is 20.9 Å². The second-order valence-corrected chi connectivity index (χ2v) is 10.9. The molecule has 9 nitrogen and oxygen atoms in total. The van der Waals surface area contributed by atoms with Crippen molar-refractivity contribution in [2.24, 2.45) is 17.3 Å². The maximum Gasteiger partial charge on any atom is 0.233 e. The third-order valence-corrected chi connectivity index (χ3v) is 7.83. The van der Waals surface area contributed by atoms with Crippen molar-refractivity contribution in [3.05, 3.63) is 46.9 Å². The quantitative estimate of drug-likeness (QED) is 0.510. The van der Waals surface area contributed by atoms with Crippen LogP contribution in [-0.4, -0.2) is 63.7 Å². The van der Waals surface area contributed by atoms with Crippen molar-refractivity contribution in [3.63, 3.8) is 0 Å². The fraction of sp³-hybridized carbons (Fsp3) is 0.462. The van der Waals surface area contributed by atoms with Crippen molar-refractivity contribution in [2.45, 2.75) is 33.4 Å². The number of carbonyl (C=O) groups is 2. The Labute approximate surface area is 213 Å². The number of aromatic nitrogens is 3. The van der Waals surface area contributed by atoms with E-state index in [1.807, 2.05) is 45.2 Å². The number of aryl methyl sites for hydroxylation is 1. The molecule has 0 bridgehead atoms. The standard InChI is InChI=1S/C26H28ClN5O4/c1-14-6-16(27)8-18(23(14)36-12-17-9-28-4-5-35-17)22-19-7-15(11-32(19)30-13-29-22)10-31-24(33)20-21(25(31)34)26(20,2)3/h6-8,11,13,17,20-21,28H,4-5,9-10,12H2,1-3H3. The van der Waals surface area contributed by atoms with E-state index in [-0.39, 0.29) is 41.7 Å². The number of halogens is 1. The first-order valence-corrected chi connectivity index (χ1v) is 12.6. The number of rotatable bonds is 6. The molecule has 2 aliphatic heterocycles. The highest BCUT2D eigenvalue weighted by atomic mass is 35.5. The number of likely N-dealkylation sites (tertiary alicyclic amines) is 1. The van der Waals surface area contributed by atoms with E-state index in [2.05, 4.69) is 15.4 Å². The maximum atomic E-state index is 12.8. The van der Waals surface area contributed by atoms with Gasteiger partial charge in [0, 0.05) is 29.9 Å². The average molecular weight is 510 g/mol. The molecule has 3 aliphatic rings. The first-order chi connectivity index (χ1) is 17.3. The van der Waals surface area contributed by atoms with E-state index in [4.69, 9.17) is 21.1 Å². The van der Waals surface area contributed by atoms with Gasteiger partial charge in [-0.3, -0.25) is 14.5 Å². The third kappa shape index (κ3) is 3.77. The molecule has 4 heterocycles. The van der Waals surface area contributed by atoms with Crippen LogP contribution in [0.5, 0.6) is 5.75 Å². The van der Waals surface area contributed by atoms with E-state index < -0.39 is 0 Å². The number of piperidine rings is 1. The minimum Gasteiger partial charge on any atom is -0.490 e. The predicted molar refractivity (Wildman–Crippen MR) is 133 cm³/mol. The summed E-state index contributed by atoms with van der Waals surface area (Å²) in [6.07, 6.45) is 3.26. The summed E-state index contributed by atoms with van der Waals surface area (Å²) in [5.74, 6) is 0.114. The fourth-order valence-electron chi connectivity index (χ4n) is 5.62. The van der Waals surface area contributed by atoms with Crippen LogP contribution >= 0.6 is 11.6 Å². The highest BCUT2D eigenvalue weighted by Gasteiger charge is 2.72. The molecule has 0 radical (unpaired) electrons. The van der Waals surface area contributed by atoms with Gasteiger partial charge in [-0.2, -0.15) is 5.10 Å². The number of ether oxygens (including phenoxy) is 2. The predicted octanol–water partition coefficient (Wildman–Crippen LogP) is 2.87. The van der Waals surface area contributed by atoms with Crippen molar-refractivity contribution >= 4 is 28.9 Å². The lowest BCUT2D eigenvalue weighted by molar-refractivity contribution is -0.143. The number of hydrogen-bond donors (Lipinski definition) is 1. The van der Waals surface area contributed by atoms with Crippen molar-refractivity contribution < 1.29 is 19.1 Å². The van der Waals surface area contributed by atoms with Gasteiger partial charge in [-0.1, -0.05) is 25.4 Å². The second kappa shape index (κ2) is 8.54. The first-order valence-electron chi connectivity index (χ1n) is 12.2. The van der Waals surface area contributed by atoms with E-state index >= 15 is 0 Å². The van der Waals surface area contributed by atoms with Gasteiger partial charge >= 0.3 is 0 Å². The molecule has 36 heavy (non-hydrogen) atoms. The number of amides is 2. The number of carbonyl (C=O) groups excluding carboxylic acids is 2. The second-order valence-electron chi connectivity index (χ2n) is 10.4. The van der Waals surface area contributed by atoms with Crippen LogP contribution in [0.3, 0.4) is 0 Å². The molecule has 3 unspecified atom stereocenters. The molecule has 3 fully saturated rings. The first kappa shape index (κ1) is 23.4. The number of hydrogen-bond acceptors (Lipinski definition) is 7. The molecule has 1 saturated carbocycles. The van der Waals surface area contributed by atoms with Crippen LogP contribution in [0.25, 0.3) is 16.8 Å². The SMILES string of the molecule is Cc1cc(Cl)cc(-c2ncnn3cc(CN4C(=O)C5C(C4=O)C5(C)C)cc23)c1OCC1CNCCO1. The Morgan fingerprint density at radius 1 is 1.22 bits per heavy atom. The Kier molecular flexibility index (Phi) is 5.55. The topological polar surface area (TPSA) is 98.1 Å². The molecule has 1 N–H and O–H groups in total. The molecule has 188 valence electrons. The average Bonchev–Trinajstić information content (AvgIpc) is 3.10. The molecular formula is C26H28ClN5O4. The Hall–Kier alpha value is -3.01. The van der Waals surface area contributed by atoms with Gasteiger partial charge < -0.3 is 14.8 Å². The Morgan fingerprint density at radius 2 is 2.00 bits per heavy atom. The van der Waals surface area contributed by atoms with E-state index in [0.717, 1.165) is 35.3 Å². The largest absolute Gasteiger partial charge is 0.490 e. The molecule has 1 aromatic carbocycles. The Balaban J connectivity index is 1.31. The van der Waals surface area contributed by atoms with Crippen LogP contribution in [0.2, 0.25) is 5.02 Å². The lowest BCUT2D eigenvalue weighted by Gasteiger charge is -2.24. The molecule has 2 amide bonds. The summed E-state index contributed by atoms with van der Waals surface area (Å²) < 4.78 is 13.7. The van der Waals surface area contributed by atoms with Gasteiger partial charge in [-0.15, -0.1) is 0 Å². The van der Waals surface area contributed by atoms with Gasteiger partial charge in [0.2, 0.25) is 11.8 Å². The molecule has 3 atom stereocenters. The maximum absolute atomic E-state index is 12.8. The van der Waals surface area contributed by atoms with E-state index in [1.54, 1.807) is 4.52 Å². The van der Waals surface area contributed by atoms with Gasteiger partial charge in [-0.25, -0.2) is 9.50 Å². The summed E-state index contributed by atoms with van der Waals surface area (Å²) in [6, 6.07) is 5.61. The number of nitrogens with zero attached hydrogens (tertiary/aromatic N) is 4. The van der Waals surface area contributed by atoms with Gasteiger partial charge in [0.25, 0.3) is 0 Å². The fourth-order valence-corrected chi connectivity index (χ4v) is 5.89. The zero-order chi connectivity index (χ0) is 25.2. The Morgan fingerprint density at radius 3 is 2.72 bits per heavy atom. The van der Waals surface area contributed by atoms with Crippen molar-refractivity contribution in [3.8, 4) is 17.0 Å². The van der Waals surface area contributed by atoms with Crippen molar-refractivity contribution in [1.82, 2.24) is 24.8 Å². The lowest BCUT2D eigenvalue weighted by atomic mass is 10.0. The summed E-state index contributed by atoms with van der Waals surface area (Å²) in [6.45, 7) is 8.74. The number of benzene rings is 1. The number of fused-ring (bicyclic) bond motifs is 2. The van der Waals surface area contributed by atoms with E-state index in [9.17, 15) is 9.59 Å². The van der Waals surface area contributed by atoms with Crippen LogP contribution in [0.4, 0.5) is 0 Å². The summed E-state index contributed by atoms with van der Waals surface area (Å²) in [7, 11) is 0. The van der Waals surface area contributed by atoms with Crippen molar-refractivity contribution in [1.29, 1.82) is 0 Å². The number of nitrogens with one attached hydrogen (secondary N) is 1. The summed E-state index contributed by atoms with van der Waals surface area (Å²) in [4.78, 5) is 31.6. The zero-order valence-corrected chi connectivity index (χ0v) is 21.2. The van der Waals surface area contributed by atoms with Crippen LogP contribution in [0.15, 0.2) is 30.7 Å². The van der Waals surface area contributed by atoms with Gasteiger partial charge in [-0.05, 0) is 41.7 Å². The molecule has 1 aliphatic carbocycles. The highest BCUT2D eigenvalue weighted by molar-refractivity contribution is 6.31. The normalized spacial score (nSPS) is 24.9. The number of morpholine rings is 1. The van der Waals surface area contributed by atoms with Gasteiger partial charge in [0.15, 0.2) is 0 Å². The molecule has 0 spiro atoms. The van der Waals surface area contributed by atoms with E-state index in [0.29, 0.717) is 29.7 Å². The zero-order valence-electron chi connectivity index (χ0n) is 20.5. The number of imide groups is 1. The third-order valence-electron chi connectivity index (χ3n) is 7.61. The minimum atomic E-state index is -0.228. The van der Waals surface area contributed by atoms with E-state index in [1.165, 1.54) is 11.2 Å². The van der Waals surface area contributed by atoms with Crippen LogP contribution < -0.4 is 10.1 Å². The molecular weight excluding hydrogens is 482 g/mol. The minimum absolute atomic E-state index is 0.0428. The monoisotopic (exact) mass is 509 g/mol. The molecule has 2 aromatic heterocycles. The van der Waals surface area contributed by atoms with Gasteiger partial charge in [0.1, 0.15) is 30.5 Å². The van der Waals surface area contributed by atoms with Crippen LogP contribution in [0.1, 0.15) is 25.0 Å². The Bertz CT molecular complexity index is 1360. The molecule has 3 aromatic rings. The summed E-state index contributed by atoms with van der Waals surface area (Å²) in [5.41, 5.74) is 3.60. The summed E-state index contributed by atoms with van der Waals surface area (Å²) >= 11 is 6.44. The molecule has 6 rings (SSSR count). The molecule has 2 saturated heterocycles. The molecule has 10 heteroatoms. The van der Waals surface area contributed by atoms with Crippen LogP contribution in [0, 0.1) is 24.2 Å². The smallest absolute Gasteiger partial charge is 0.233 e. The lowest BCUT2D eigenvalue weighted by Crippen LogP contribution is -2.41. The highest BCUT2D eigenvalue weighted by Crippen LogP contribution is 2.63.